The van der Waals surface area contributed by atoms with Gasteiger partial charge in [0.1, 0.15) is 18.8 Å². The first-order chi connectivity index (χ1) is 18.1. The number of carbonyl (C=O) groups excluding carboxylic acids is 1. The zero-order chi connectivity index (χ0) is 27.2. The summed E-state index contributed by atoms with van der Waals surface area (Å²) in [6.07, 6.45) is 32.0. The van der Waals surface area contributed by atoms with Gasteiger partial charge in [0.25, 0.3) is 0 Å². The molecule has 4 nitrogen and oxygen atoms in total. The van der Waals surface area contributed by atoms with Crippen LogP contribution in [0.15, 0.2) is 24.3 Å². The van der Waals surface area contributed by atoms with Crippen LogP contribution in [-0.4, -0.2) is 39.9 Å². The lowest BCUT2D eigenvalue weighted by molar-refractivity contribution is -0.114. The van der Waals surface area contributed by atoms with Crippen LogP contribution in [-0.2, 0) is 4.79 Å². The second-order valence-corrected chi connectivity index (χ2v) is 9.57. The van der Waals surface area contributed by atoms with Crippen molar-refractivity contribution in [2.75, 3.05) is 6.61 Å². The molecular weight excluding hydrogens is 460 g/mol. The van der Waals surface area contributed by atoms with E-state index in [1.165, 1.54) is 44.9 Å². The Morgan fingerprint density at radius 3 is 1.86 bits per heavy atom. The fraction of sp³-hybridized carbons (Fsp3) is 0.667. The summed E-state index contributed by atoms with van der Waals surface area (Å²) in [5, 5.41) is 27.5. The first kappa shape index (κ1) is 34.7. The maximum absolute atomic E-state index is 12.0. The van der Waals surface area contributed by atoms with E-state index < -0.39 is 12.2 Å². The zero-order valence-corrected chi connectivity index (χ0v) is 22.9. The minimum absolute atomic E-state index is 0.207. The molecule has 0 unspecified atom stereocenters. The molecule has 0 aromatic carbocycles. The molecule has 3 N–H and O–H groups in total. The quantitative estimate of drug-likeness (QED) is 0.0640. The summed E-state index contributed by atoms with van der Waals surface area (Å²) in [7, 11) is 0. The number of ketones is 1. The summed E-state index contributed by atoms with van der Waals surface area (Å²) in [5.74, 6) is 12.6. The van der Waals surface area contributed by atoms with Gasteiger partial charge < -0.3 is 15.3 Å². The van der Waals surface area contributed by atoms with Crippen molar-refractivity contribution in [3.05, 3.63) is 24.3 Å². The molecule has 4 heteroatoms. The molecule has 2 atom stereocenters. The van der Waals surface area contributed by atoms with Gasteiger partial charge in [0.05, 0.1) is 0 Å². The predicted octanol–water partition coefficient (Wildman–Crippen LogP) is 6.43. The van der Waals surface area contributed by atoms with Gasteiger partial charge in [-0.1, -0.05) is 101 Å². The number of carbonyl (C=O) groups is 1. The fourth-order valence-electron chi connectivity index (χ4n) is 3.96. The van der Waals surface area contributed by atoms with Crippen molar-refractivity contribution in [1.82, 2.24) is 0 Å². The molecule has 0 amide bonds. The molecule has 0 bridgehead atoms. The Morgan fingerprint density at radius 2 is 1.27 bits per heavy atom. The molecule has 0 fully saturated rings. The average molecular weight is 511 g/mol. The van der Waals surface area contributed by atoms with E-state index in [0.29, 0.717) is 12.8 Å². The fourth-order valence-corrected chi connectivity index (χ4v) is 3.96. The van der Waals surface area contributed by atoms with E-state index in [4.69, 9.17) is 11.5 Å². The Bertz CT molecular complexity index is 766. The molecule has 0 saturated heterocycles. The van der Waals surface area contributed by atoms with E-state index in [0.717, 1.165) is 64.2 Å². The molecule has 0 spiro atoms. The van der Waals surface area contributed by atoms with E-state index in [9.17, 15) is 15.0 Å². The van der Waals surface area contributed by atoms with Gasteiger partial charge in [0, 0.05) is 6.42 Å². The lowest BCUT2D eigenvalue weighted by Gasteiger charge is -2.03. The smallest absolute Gasteiger partial charge is 0.155 e. The largest absolute Gasteiger partial charge is 0.384 e. The van der Waals surface area contributed by atoms with Gasteiger partial charge in [-0.05, 0) is 68.9 Å². The highest BCUT2D eigenvalue weighted by Crippen LogP contribution is 2.13. The zero-order valence-electron chi connectivity index (χ0n) is 22.9. The van der Waals surface area contributed by atoms with Crippen LogP contribution < -0.4 is 0 Å². The van der Waals surface area contributed by atoms with Crippen LogP contribution in [0.2, 0.25) is 0 Å². The number of rotatable bonds is 23. The molecule has 0 aliphatic carbocycles. The lowest BCUT2D eigenvalue weighted by Crippen LogP contribution is -2.02. The van der Waals surface area contributed by atoms with E-state index in [1.54, 1.807) is 12.2 Å². The first-order valence-electron chi connectivity index (χ1n) is 14.4. The summed E-state index contributed by atoms with van der Waals surface area (Å²) in [4.78, 5) is 12.0. The Labute approximate surface area is 227 Å². The minimum Gasteiger partial charge on any atom is -0.384 e. The molecule has 0 radical (unpaired) electrons. The van der Waals surface area contributed by atoms with Gasteiger partial charge in [-0.15, -0.1) is 6.42 Å². The number of aliphatic hydroxyl groups excluding tert-OH is 3. The van der Waals surface area contributed by atoms with Crippen molar-refractivity contribution in [1.29, 1.82) is 0 Å². The molecule has 0 aliphatic rings. The van der Waals surface area contributed by atoms with Crippen LogP contribution in [0, 0.1) is 36.0 Å². The number of aliphatic hydroxyl groups is 3. The maximum atomic E-state index is 12.0. The first-order valence-corrected chi connectivity index (χ1v) is 14.4. The number of hydrogen-bond donors (Lipinski definition) is 3. The van der Waals surface area contributed by atoms with Gasteiger partial charge >= 0.3 is 0 Å². The molecule has 0 saturated carbocycles. The van der Waals surface area contributed by atoms with Gasteiger partial charge in [0.15, 0.2) is 5.78 Å². The van der Waals surface area contributed by atoms with Crippen molar-refractivity contribution in [3.63, 3.8) is 0 Å². The van der Waals surface area contributed by atoms with Gasteiger partial charge in [-0.3, -0.25) is 4.79 Å². The summed E-state index contributed by atoms with van der Waals surface area (Å²) in [6.45, 7) is -0.207. The average Bonchev–Trinajstić information content (AvgIpc) is 2.90. The normalized spacial score (nSPS) is 12.5. The molecule has 0 aromatic heterocycles. The maximum Gasteiger partial charge on any atom is 0.155 e. The van der Waals surface area contributed by atoms with Gasteiger partial charge in [-0.25, -0.2) is 0 Å². The van der Waals surface area contributed by atoms with Crippen LogP contribution in [0.1, 0.15) is 122 Å². The number of terminal acetylenes is 1. The predicted molar refractivity (Wildman–Crippen MR) is 154 cm³/mol. The second-order valence-electron chi connectivity index (χ2n) is 9.57. The van der Waals surface area contributed by atoms with E-state index in [-0.39, 0.29) is 12.4 Å². The minimum atomic E-state index is -0.745. The molecule has 0 aromatic rings. The summed E-state index contributed by atoms with van der Waals surface area (Å²) in [6, 6.07) is 0. The molecular formula is C33H50O4. The molecule has 0 heterocycles. The molecule has 37 heavy (non-hydrogen) atoms. The Kier molecular flexibility index (Phi) is 26.5. The number of hydrogen-bond acceptors (Lipinski definition) is 4. The number of unbranched alkanes of at least 4 members (excludes halogenated alkanes) is 15. The van der Waals surface area contributed by atoms with Crippen molar-refractivity contribution < 1.29 is 20.1 Å². The standard InChI is InChI=1S/C33H50O4/c1-2-31(35)25-19-14-10-7-5-3-4-6-8-11-15-20-26-32(36)27-21-16-12-9-13-17-22-28-33(37)29-23-18-24-30-34/h1,19-20,25-26,31,33-35,37H,3-17,21-22,27-28,30H2/b25-19+,26-20+/t31-,33+/m0/s1. The third kappa shape index (κ3) is 28.1. The summed E-state index contributed by atoms with van der Waals surface area (Å²) >= 11 is 0. The van der Waals surface area contributed by atoms with Crippen LogP contribution in [0.25, 0.3) is 0 Å². The second kappa shape index (κ2) is 28.3. The lowest BCUT2D eigenvalue weighted by atomic mass is 10.0. The van der Waals surface area contributed by atoms with Gasteiger partial charge in [-0.2, -0.15) is 0 Å². The molecule has 0 aliphatic heterocycles. The summed E-state index contributed by atoms with van der Waals surface area (Å²) < 4.78 is 0. The van der Waals surface area contributed by atoms with E-state index >= 15 is 0 Å². The molecule has 206 valence electrons. The topological polar surface area (TPSA) is 77.8 Å². The SMILES string of the molecule is C#C[C@H](O)/C=C/CCCCCCCCCC/C=C/C(=O)CCCCCCCCC[C@@H](O)C#CC#CCO. The van der Waals surface area contributed by atoms with E-state index in [2.05, 4.69) is 29.6 Å². The van der Waals surface area contributed by atoms with Crippen molar-refractivity contribution >= 4 is 5.78 Å². The Morgan fingerprint density at radius 1 is 0.730 bits per heavy atom. The van der Waals surface area contributed by atoms with Crippen molar-refractivity contribution in [2.45, 2.75) is 134 Å². The van der Waals surface area contributed by atoms with Crippen molar-refractivity contribution in [3.8, 4) is 36.0 Å². The Balaban J connectivity index is 3.41. The molecule has 0 rings (SSSR count). The summed E-state index contributed by atoms with van der Waals surface area (Å²) in [5.41, 5.74) is 0. The number of allylic oxidation sites excluding steroid dienone is 3. The Hall–Kier alpha value is -2.29. The third-order valence-corrected chi connectivity index (χ3v) is 6.15. The van der Waals surface area contributed by atoms with E-state index in [1.807, 2.05) is 12.2 Å². The highest BCUT2D eigenvalue weighted by molar-refractivity contribution is 5.89. The van der Waals surface area contributed by atoms with Crippen LogP contribution in [0.4, 0.5) is 0 Å². The highest BCUT2D eigenvalue weighted by Gasteiger charge is 2.00. The van der Waals surface area contributed by atoms with Gasteiger partial charge in [0.2, 0.25) is 0 Å². The van der Waals surface area contributed by atoms with Crippen LogP contribution in [0.5, 0.6) is 0 Å². The third-order valence-electron chi connectivity index (χ3n) is 6.15. The van der Waals surface area contributed by atoms with Crippen LogP contribution in [0.3, 0.4) is 0 Å². The van der Waals surface area contributed by atoms with Crippen LogP contribution >= 0.6 is 0 Å². The highest BCUT2D eigenvalue weighted by atomic mass is 16.3. The monoisotopic (exact) mass is 510 g/mol. The van der Waals surface area contributed by atoms with Crippen molar-refractivity contribution in [2.24, 2.45) is 0 Å².